The van der Waals surface area contributed by atoms with E-state index < -0.39 is 0 Å². The molecule has 0 N–H and O–H groups in total. The minimum Gasteiger partial charge on any atom is -0.310 e. The van der Waals surface area contributed by atoms with Crippen molar-refractivity contribution < 1.29 is 0 Å². The second kappa shape index (κ2) is 4.97. The summed E-state index contributed by atoms with van der Waals surface area (Å²) in [4.78, 5) is 0. The van der Waals surface area contributed by atoms with Crippen molar-refractivity contribution >= 4 is 27.5 Å². The van der Waals surface area contributed by atoms with Crippen LogP contribution >= 0.6 is 27.5 Å². The third kappa shape index (κ3) is 2.13. The van der Waals surface area contributed by atoms with E-state index in [1.54, 1.807) is 0 Å². The Balaban J connectivity index is 2.51. The van der Waals surface area contributed by atoms with Crippen LogP contribution in [0.5, 0.6) is 0 Å². The average molecular weight is 301 g/mol. The van der Waals surface area contributed by atoms with Crippen LogP contribution in [0.15, 0.2) is 28.7 Å². The summed E-state index contributed by atoms with van der Waals surface area (Å²) in [6.45, 7) is 2.87. The summed E-state index contributed by atoms with van der Waals surface area (Å²) in [7, 11) is 0. The van der Waals surface area contributed by atoms with Crippen molar-refractivity contribution in [3.05, 3.63) is 34.6 Å². The van der Waals surface area contributed by atoms with Crippen LogP contribution in [0.1, 0.15) is 12.7 Å². The molecule has 0 aliphatic carbocycles. The Labute approximate surface area is 108 Å². The largest absolute Gasteiger partial charge is 0.310 e. The van der Waals surface area contributed by atoms with Gasteiger partial charge in [-0.25, -0.2) is 0 Å². The van der Waals surface area contributed by atoms with Gasteiger partial charge in [-0.1, -0.05) is 28.1 Å². The molecular weight excluding hydrogens is 289 g/mol. The lowest BCUT2D eigenvalue weighted by atomic mass is 10.2. The standard InChI is InChI=1S/C11H11BrClN3/c1-2-16-10(7-13)14-15-11(16)8-4-3-5-9(12)6-8/h3-6H,2,7H2,1H3. The quantitative estimate of drug-likeness (QED) is 0.813. The Morgan fingerprint density at radius 3 is 2.81 bits per heavy atom. The maximum absolute atomic E-state index is 5.81. The van der Waals surface area contributed by atoms with Gasteiger partial charge >= 0.3 is 0 Å². The van der Waals surface area contributed by atoms with Gasteiger partial charge in [-0.2, -0.15) is 0 Å². The van der Waals surface area contributed by atoms with E-state index in [2.05, 4.69) is 33.1 Å². The molecule has 0 saturated carbocycles. The molecule has 1 aromatic carbocycles. The number of hydrogen-bond acceptors (Lipinski definition) is 2. The summed E-state index contributed by atoms with van der Waals surface area (Å²) in [6.07, 6.45) is 0. The van der Waals surface area contributed by atoms with E-state index in [1.165, 1.54) is 0 Å². The van der Waals surface area contributed by atoms with Crippen molar-refractivity contribution in [3.8, 4) is 11.4 Å². The zero-order valence-electron chi connectivity index (χ0n) is 8.82. The molecule has 5 heteroatoms. The number of benzene rings is 1. The molecule has 2 rings (SSSR count). The van der Waals surface area contributed by atoms with Gasteiger partial charge in [-0.3, -0.25) is 0 Å². The van der Waals surface area contributed by atoms with E-state index in [4.69, 9.17) is 11.6 Å². The minimum atomic E-state index is 0.384. The third-order valence-corrected chi connectivity index (χ3v) is 3.08. The Hall–Kier alpha value is -0.870. The van der Waals surface area contributed by atoms with Crippen LogP contribution in [0.4, 0.5) is 0 Å². The molecule has 0 aliphatic rings. The maximum Gasteiger partial charge on any atom is 0.164 e. The molecule has 0 saturated heterocycles. The Morgan fingerprint density at radius 1 is 1.38 bits per heavy atom. The van der Waals surface area contributed by atoms with E-state index in [1.807, 2.05) is 28.8 Å². The number of halogens is 2. The van der Waals surface area contributed by atoms with Gasteiger partial charge in [-0.05, 0) is 19.1 Å². The van der Waals surface area contributed by atoms with E-state index in [0.717, 1.165) is 28.2 Å². The highest BCUT2D eigenvalue weighted by Crippen LogP contribution is 2.22. The molecule has 84 valence electrons. The summed E-state index contributed by atoms with van der Waals surface area (Å²) in [6, 6.07) is 8.00. The van der Waals surface area contributed by atoms with Gasteiger partial charge in [0, 0.05) is 16.6 Å². The normalized spacial score (nSPS) is 10.7. The van der Waals surface area contributed by atoms with Crippen molar-refractivity contribution in [1.29, 1.82) is 0 Å². The van der Waals surface area contributed by atoms with Gasteiger partial charge in [0.2, 0.25) is 0 Å². The molecule has 0 fully saturated rings. The highest BCUT2D eigenvalue weighted by molar-refractivity contribution is 9.10. The summed E-state index contributed by atoms with van der Waals surface area (Å²) >= 11 is 9.26. The second-order valence-electron chi connectivity index (χ2n) is 3.33. The monoisotopic (exact) mass is 299 g/mol. The first-order chi connectivity index (χ1) is 7.76. The highest BCUT2D eigenvalue weighted by atomic mass is 79.9. The summed E-state index contributed by atoms with van der Waals surface area (Å²) < 4.78 is 3.05. The molecule has 3 nitrogen and oxygen atoms in total. The molecule has 0 spiro atoms. The number of nitrogens with zero attached hydrogens (tertiary/aromatic N) is 3. The highest BCUT2D eigenvalue weighted by Gasteiger charge is 2.11. The summed E-state index contributed by atoms with van der Waals surface area (Å²) in [5.74, 6) is 2.05. The van der Waals surface area contributed by atoms with Crippen LogP contribution in [-0.2, 0) is 12.4 Å². The van der Waals surface area contributed by atoms with Gasteiger partial charge in [0.1, 0.15) is 5.82 Å². The van der Waals surface area contributed by atoms with Gasteiger partial charge in [0.15, 0.2) is 5.82 Å². The molecule has 0 atom stereocenters. The zero-order chi connectivity index (χ0) is 11.5. The average Bonchev–Trinajstić information content (AvgIpc) is 2.71. The lowest BCUT2D eigenvalue weighted by Crippen LogP contribution is -2.01. The zero-order valence-corrected chi connectivity index (χ0v) is 11.2. The SMILES string of the molecule is CCn1c(CCl)nnc1-c1cccc(Br)c1. The van der Waals surface area contributed by atoms with Crippen molar-refractivity contribution in [2.45, 2.75) is 19.3 Å². The molecule has 0 unspecified atom stereocenters. The first kappa shape index (κ1) is 11.6. The fourth-order valence-electron chi connectivity index (χ4n) is 1.61. The minimum absolute atomic E-state index is 0.384. The molecule has 1 heterocycles. The fraction of sp³-hybridized carbons (Fsp3) is 0.273. The number of hydrogen-bond donors (Lipinski definition) is 0. The second-order valence-corrected chi connectivity index (χ2v) is 4.51. The van der Waals surface area contributed by atoms with Gasteiger partial charge in [0.25, 0.3) is 0 Å². The third-order valence-electron chi connectivity index (χ3n) is 2.35. The van der Waals surface area contributed by atoms with Gasteiger partial charge in [0.05, 0.1) is 5.88 Å². The Morgan fingerprint density at radius 2 is 2.19 bits per heavy atom. The smallest absolute Gasteiger partial charge is 0.164 e. The molecule has 16 heavy (non-hydrogen) atoms. The molecule has 1 aromatic heterocycles. The molecule has 0 radical (unpaired) electrons. The summed E-state index contributed by atoms with van der Waals surface area (Å²) in [5, 5.41) is 8.25. The molecular formula is C11H11BrClN3. The molecule has 2 aromatic rings. The number of aromatic nitrogens is 3. The van der Waals surface area contributed by atoms with Gasteiger partial charge < -0.3 is 4.57 Å². The number of rotatable bonds is 3. The van der Waals surface area contributed by atoms with E-state index in [0.29, 0.717) is 5.88 Å². The van der Waals surface area contributed by atoms with E-state index >= 15 is 0 Å². The van der Waals surface area contributed by atoms with Crippen molar-refractivity contribution in [2.24, 2.45) is 0 Å². The molecule has 0 bridgehead atoms. The fourth-order valence-corrected chi connectivity index (χ4v) is 2.20. The van der Waals surface area contributed by atoms with E-state index in [-0.39, 0.29) is 0 Å². The van der Waals surface area contributed by atoms with Crippen LogP contribution < -0.4 is 0 Å². The van der Waals surface area contributed by atoms with Crippen molar-refractivity contribution in [3.63, 3.8) is 0 Å². The predicted molar refractivity (Wildman–Crippen MR) is 68.4 cm³/mol. The van der Waals surface area contributed by atoms with Gasteiger partial charge in [-0.15, -0.1) is 21.8 Å². The lowest BCUT2D eigenvalue weighted by Gasteiger charge is -2.05. The van der Waals surface area contributed by atoms with Crippen molar-refractivity contribution in [1.82, 2.24) is 14.8 Å². The predicted octanol–water partition coefficient (Wildman–Crippen LogP) is 3.47. The van der Waals surface area contributed by atoms with Crippen LogP contribution in [0.3, 0.4) is 0 Å². The van der Waals surface area contributed by atoms with Crippen LogP contribution in [0.2, 0.25) is 0 Å². The first-order valence-corrected chi connectivity index (χ1v) is 6.33. The van der Waals surface area contributed by atoms with Crippen LogP contribution in [-0.4, -0.2) is 14.8 Å². The molecule has 0 aliphatic heterocycles. The van der Waals surface area contributed by atoms with Crippen molar-refractivity contribution in [2.75, 3.05) is 0 Å². The van der Waals surface area contributed by atoms with Crippen LogP contribution in [0.25, 0.3) is 11.4 Å². The first-order valence-electron chi connectivity index (χ1n) is 5.00. The lowest BCUT2D eigenvalue weighted by molar-refractivity contribution is 0.731. The Kier molecular flexibility index (Phi) is 3.61. The summed E-state index contributed by atoms with van der Waals surface area (Å²) in [5.41, 5.74) is 1.04. The number of alkyl halides is 1. The maximum atomic E-state index is 5.81. The van der Waals surface area contributed by atoms with E-state index in [9.17, 15) is 0 Å². The van der Waals surface area contributed by atoms with Crippen LogP contribution in [0, 0.1) is 0 Å². The molecule has 0 amide bonds. The topological polar surface area (TPSA) is 30.7 Å². The Bertz CT molecular complexity index is 496.